The van der Waals surface area contributed by atoms with Crippen LogP contribution in [0.15, 0.2) is 48.2 Å². The first-order valence-corrected chi connectivity index (χ1v) is 12.0. The summed E-state index contributed by atoms with van der Waals surface area (Å²) >= 11 is 6.05. The highest BCUT2D eigenvalue weighted by Crippen LogP contribution is 2.51. The first kappa shape index (κ1) is 22.5. The van der Waals surface area contributed by atoms with Gasteiger partial charge in [0, 0.05) is 30.8 Å². The van der Waals surface area contributed by atoms with Crippen molar-refractivity contribution in [3.63, 3.8) is 0 Å². The van der Waals surface area contributed by atoms with Crippen molar-refractivity contribution in [1.29, 1.82) is 0 Å². The van der Waals surface area contributed by atoms with Gasteiger partial charge in [0.05, 0.1) is 18.8 Å². The quantitative estimate of drug-likeness (QED) is 0.611. The molecule has 0 aromatic heterocycles. The zero-order chi connectivity index (χ0) is 23.4. The minimum atomic E-state index is -0.712. The Morgan fingerprint density at radius 1 is 1.00 bits per heavy atom. The van der Waals surface area contributed by atoms with Gasteiger partial charge in [0.25, 0.3) is 5.91 Å². The molecule has 0 radical (unpaired) electrons. The summed E-state index contributed by atoms with van der Waals surface area (Å²) in [6.45, 7) is 5.46. The Morgan fingerprint density at radius 2 is 1.61 bits per heavy atom. The van der Waals surface area contributed by atoms with E-state index in [4.69, 9.17) is 21.1 Å². The molecule has 0 atom stereocenters. The van der Waals surface area contributed by atoms with Gasteiger partial charge < -0.3 is 19.5 Å². The lowest BCUT2D eigenvalue weighted by atomic mass is 9.76. The molecule has 174 valence electrons. The van der Waals surface area contributed by atoms with Gasteiger partial charge in [-0.1, -0.05) is 42.8 Å². The number of benzene rings is 2. The maximum Gasteiger partial charge on any atom is 0.258 e. The van der Waals surface area contributed by atoms with Crippen molar-refractivity contribution in [1.82, 2.24) is 4.90 Å². The molecule has 5 rings (SSSR count). The standard InChI is InChI=1S/C27H30ClNO4/c1-17-15-32-27(33-16-17)12-10-26(11-13-27)24(30)23(25(31)29(26)3)22-14-20(5-4-18(22)2)19-6-8-21(28)9-7-19/h4-9,14,17,30H,10-13,15-16H2,1-3H3. The highest BCUT2D eigenvalue weighted by Gasteiger charge is 2.56. The first-order valence-electron chi connectivity index (χ1n) is 11.6. The van der Waals surface area contributed by atoms with Gasteiger partial charge in [0.2, 0.25) is 0 Å². The van der Waals surface area contributed by atoms with Crippen LogP contribution in [0.25, 0.3) is 16.7 Å². The topological polar surface area (TPSA) is 59.0 Å². The molecule has 1 amide bonds. The normalized spacial score (nSPS) is 30.0. The Balaban J connectivity index is 1.49. The van der Waals surface area contributed by atoms with Gasteiger partial charge in [-0.3, -0.25) is 4.79 Å². The lowest BCUT2D eigenvalue weighted by Gasteiger charge is -2.49. The zero-order valence-electron chi connectivity index (χ0n) is 19.4. The van der Waals surface area contributed by atoms with Crippen LogP contribution in [0.4, 0.5) is 0 Å². The summed E-state index contributed by atoms with van der Waals surface area (Å²) < 4.78 is 12.2. The average molecular weight is 468 g/mol. The van der Waals surface area contributed by atoms with Crippen molar-refractivity contribution in [2.75, 3.05) is 20.3 Å². The summed E-state index contributed by atoms with van der Waals surface area (Å²) in [5, 5.41) is 12.2. The molecule has 2 aromatic carbocycles. The predicted octanol–water partition coefficient (Wildman–Crippen LogP) is 5.75. The minimum absolute atomic E-state index is 0.140. The molecule has 1 N–H and O–H groups in total. The number of aliphatic hydroxyl groups is 1. The second kappa shape index (κ2) is 8.15. The summed E-state index contributed by atoms with van der Waals surface area (Å²) in [5.74, 6) is -0.169. The van der Waals surface area contributed by atoms with Crippen molar-refractivity contribution < 1.29 is 19.4 Å². The minimum Gasteiger partial charge on any atom is -0.509 e. The van der Waals surface area contributed by atoms with E-state index in [-0.39, 0.29) is 11.7 Å². The van der Waals surface area contributed by atoms with Crippen LogP contribution >= 0.6 is 11.6 Å². The summed E-state index contributed by atoms with van der Waals surface area (Å²) in [7, 11) is 1.80. The van der Waals surface area contributed by atoms with Crippen LogP contribution in [0.2, 0.25) is 5.02 Å². The van der Waals surface area contributed by atoms with Gasteiger partial charge in [-0.15, -0.1) is 0 Å². The molecule has 1 aliphatic carbocycles. The van der Waals surface area contributed by atoms with E-state index in [2.05, 4.69) is 6.92 Å². The third-order valence-corrected chi connectivity index (χ3v) is 7.88. The van der Waals surface area contributed by atoms with Gasteiger partial charge in [0.15, 0.2) is 5.79 Å². The molecule has 1 saturated heterocycles. The molecule has 33 heavy (non-hydrogen) atoms. The molecule has 2 aliphatic heterocycles. The van der Waals surface area contributed by atoms with E-state index in [0.717, 1.165) is 22.3 Å². The van der Waals surface area contributed by atoms with Crippen molar-refractivity contribution in [3.8, 4) is 11.1 Å². The smallest absolute Gasteiger partial charge is 0.258 e. The van der Waals surface area contributed by atoms with Gasteiger partial charge in [-0.25, -0.2) is 0 Å². The predicted molar refractivity (Wildman–Crippen MR) is 129 cm³/mol. The van der Waals surface area contributed by atoms with E-state index < -0.39 is 11.3 Å². The molecule has 2 spiro atoms. The number of halogens is 1. The van der Waals surface area contributed by atoms with E-state index in [9.17, 15) is 9.90 Å². The fourth-order valence-electron chi connectivity index (χ4n) is 5.39. The number of ether oxygens (including phenoxy) is 2. The second-order valence-corrected chi connectivity index (χ2v) is 10.2. The van der Waals surface area contributed by atoms with Crippen LogP contribution < -0.4 is 0 Å². The van der Waals surface area contributed by atoms with Crippen LogP contribution in [0.5, 0.6) is 0 Å². The third-order valence-electron chi connectivity index (χ3n) is 7.62. The maximum atomic E-state index is 13.5. The molecule has 5 nitrogen and oxygen atoms in total. The molecule has 2 heterocycles. The van der Waals surface area contributed by atoms with Crippen LogP contribution in [0.1, 0.15) is 43.7 Å². The number of hydrogen-bond donors (Lipinski definition) is 1. The fourth-order valence-corrected chi connectivity index (χ4v) is 5.52. The molecular weight excluding hydrogens is 438 g/mol. The van der Waals surface area contributed by atoms with Crippen LogP contribution in [-0.4, -0.2) is 47.5 Å². The molecule has 2 aromatic rings. The van der Waals surface area contributed by atoms with Crippen molar-refractivity contribution in [2.45, 2.75) is 50.9 Å². The molecule has 6 heteroatoms. The number of carbonyl (C=O) groups is 1. The van der Waals surface area contributed by atoms with Gasteiger partial charge in [-0.2, -0.15) is 0 Å². The highest BCUT2D eigenvalue weighted by atomic mass is 35.5. The van der Waals surface area contributed by atoms with E-state index in [0.29, 0.717) is 55.4 Å². The molecule has 2 fully saturated rings. The van der Waals surface area contributed by atoms with E-state index in [1.807, 2.05) is 49.4 Å². The lowest BCUT2D eigenvalue weighted by molar-refractivity contribution is -0.299. The monoisotopic (exact) mass is 467 g/mol. The van der Waals surface area contributed by atoms with Crippen molar-refractivity contribution in [2.24, 2.45) is 5.92 Å². The maximum absolute atomic E-state index is 13.5. The van der Waals surface area contributed by atoms with E-state index >= 15 is 0 Å². The molecule has 3 aliphatic rings. The SMILES string of the molecule is Cc1ccc(-c2ccc(Cl)cc2)cc1C1=C(O)C2(CCC3(CC2)OCC(C)CO3)N(C)C1=O. The Morgan fingerprint density at radius 3 is 2.24 bits per heavy atom. The lowest BCUT2D eigenvalue weighted by Crippen LogP contribution is -2.55. The average Bonchev–Trinajstić information content (AvgIpc) is 3.00. The first-order chi connectivity index (χ1) is 15.7. The largest absolute Gasteiger partial charge is 0.509 e. The number of amides is 1. The number of rotatable bonds is 2. The Hall–Kier alpha value is -2.34. The second-order valence-electron chi connectivity index (χ2n) is 9.79. The number of aryl methyl sites for hydroxylation is 1. The van der Waals surface area contributed by atoms with Crippen LogP contribution in [-0.2, 0) is 14.3 Å². The number of carbonyl (C=O) groups excluding carboxylic acids is 1. The van der Waals surface area contributed by atoms with Gasteiger partial charge in [-0.05, 0) is 60.2 Å². The number of nitrogens with zero attached hydrogens (tertiary/aromatic N) is 1. The Kier molecular flexibility index (Phi) is 5.55. The summed E-state index contributed by atoms with van der Waals surface area (Å²) in [6, 6.07) is 13.6. The Labute approximate surface area is 200 Å². The fraction of sp³-hybridized carbons (Fsp3) is 0.444. The van der Waals surface area contributed by atoms with Crippen molar-refractivity contribution >= 4 is 23.1 Å². The van der Waals surface area contributed by atoms with Gasteiger partial charge in [0.1, 0.15) is 11.3 Å². The molecular formula is C27H30ClNO4. The molecule has 1 saturated carbocycles. The summed E-state index contributed by atoms with van der Waals surface area (Å²) in [6.07, 6.45) is 2.51. The number of hydrogen-bond acceptors (Lipinski definition) is 4. The highest BCUT2D eigenvalue weighted by molar-refractivity contribution is 6.30. The van der Waals surface area contributed by atoms with Crippen LogP contribution in [0, 0.1) is 12.8 Å². The van der Waals surface area contributed by atoms with Crippen LogP contribution in [0.3, 0.4) is 0 Å². The van der Waals surface area contributed by atoms with E-state index in [1.165, 1.54) is 0 Å². The number of aliphatic hydroxyl groups excluding tert-OH is 1. The summed E-state index contributed by atoms with van der Waals surface area (Å²) in [5.41, 5.74) is 3.40. The molecule has 0 unspecified atom stereocenters. The third kappa shape index (κ3) is 3.67. The molecule has 0 bridgehead atoms. The number of likely N-dealkylation sites (N-methyl/N-ethyl adjacent to an activating group) is 1. The van der Waals surface area contributed by atoms with E-state index in [1.54, 1.807) is 11.9 Å². The Bertz CT molecular complexity index is 1110. The zero-order valence-corrected chi connectivity index (χ0v) is 20.1. The summed E-state index contributed by atoms with van der Waals surface area (Å²) in [4.78, 5) is 15.2. The van der Waals surface area contributed by atoms with Crippen molar-refractivity contribution in [3.05, 3.63) is 64.4 Å². The van der Waals surface area contributed by atoms with Gasteiger partial charge >= 0.3 is 0 Å².